The second-order valence-corrected chi connectivity index (χ2v) is 5.83. The van der Waals surface area contributed by atoms with Gasteiger partial charge in [0, 0.05) is 20.1 Å². The topological polar surface area (TPSA) is 73.0 Å². The zero-order chi connectivity index (χ0) is 13.8. The minimum absolute atomic E-state index is 0.0180. The van der Waals surface area contributed by atoms with E-state index >= 15 is 0 Å². The van der Waals surface area contributed by atoms with Gasteiger partial charge in [0.2, 0.25) is 0 Å². The van der Waals surface area contributed by atoms with Crippen LogP contribution in [0.1, 0.15) is 13.3 Å². The summed E-state index contributed by atoms with van der Waals surface area (Å²) < 4.78 is 0. The Balaban J connectivity index is 1.65. The molecule has 7 heteroatoms. The number of likely N-dealkylation sites (tertiary alicyclic amines) is 2. The lowest BCUT2D eigenvalue weighted by Crippen LogP contribution is -2.73. The number of carbonyl (C=O) groups is 3. The van der Waals surface area contributed by atoms with Crippen LogP contribution in [0.2, 0.25) is 0 Å². The Morgan fingerprint density at radius 1 is 1.32 bits per heavy atom. The second-order valence-electron chi connectivity index (χ2n) is 5.83. The van der Waals surface area contributed by atoms with Gasteiger partial charge in [-0.05, 0) is 12.3 Å². The largest absolute Gasteiger partial charge is 0.324 e. The summed E-state index contributed by atoms with van der Waals surface area (Å²) in [5, 5.41) is 2.29. The molecular formula is C12H18N4O3. The lowest BCUT2D eigenvalue weighted by atomic mass is 9.89. The van der Waals surface area contributed by atoms with Crippen LogP contribution in [0.3, 0.4) is 0 Å². The smallest absolute Gasteiger partial charge is 0.324 e. The molecule has 7 nitrogen and oxygen atoms in total. The third-order valence-corrected chi connectivity index (χ3v) is 4.46. The zero-order valence-electron chi connectivity index (χ0n) is 11.2. The molecule has 0 aromatic rings. The second kappa shape index (κ2) is 3.85. The highest BCUT2D eigenvalue weighted by atomic mass is 16.2. The highest BCUT2D eigenvalue weighted by Gasteiger charge is 2.60. The molecule has 1 unspecified atom stereocenters. The van der Waals surface area contributed by atoms with Crippen molar-refractivity contribution in [3.05, 3.63) is 0 Å². The molecular weight excluding hydrogens is 248 g/mol. The summed E-state index contributed by atoms with van der Waals surface area (Å²) in [5.41, 5.74) is -0.835. The summed E-state index contributed by atoms with van der Waals surface area (Å²) in [6.07, 6.45) is 1.03. The molecule has 1 N–H and O–H groups in total. The van der Waals surface area contributed by atoms with Crippen LogP contribution in [-0.2, 0) is 4.79 Å². The molecule has 0 aromatic carbocycles. The molecule has 3 rings (SSSR count). The Morgan fingerprint density at radius 3 is 2.47 bits per heavy atom. The number of nitrogens with zero attached hydrogens (tertiary/aromatic N) is 3. The first-order valence-corrected chi connectivity index (χ1v) is 6.57. The maximum absolute atomic E-state index is 12.2. The predicted molar refractivity (Wildman–Crippen MR) is 66.4 cm³/mol. The Kier molecular flexibility index (Phi) is 2.48. The first-order chi connectivity index (χ1) is 8.94. The van der Waals surface area contributed by atoms with Crippen molar-refractivity contribution in [2.75, 3.05) is 33.2 Å². The number of rotatable bonds is 0. The van der Waals surface area contributed by atoms with E-state index in [0.717, 1.165) is 19.5 Å². The van der Waals surface area contributed by atoms with E-state index in [4.69, 9.17) is 0 Å². The third-order valence-electron chi connectivity index (χ3n) is 4.46. The number of amides is 5. The molecule has 0 aliphatic carbocycles. The Labute approximate surface area is 111 Å². The van der Waals surface area contributed by atoms with Crippen molar-refractivity contribution in [1.29, 1.82) is 0 Å². The molecule has 0 aromatic heterocycles. The van der Waals surface area contributed by atoms with E-state index in [0.29, 0.717) is 19.0 Å². The number of carbonyl (C=O) groups excluding carboxylic acids is 3. The molecule has 19 heavy (non-hydrogen) atoms. The summed E-state index contributed by atoms with van der Waals surface area (Å²) >= 11 is 0. The van der Waals surface area contributed by atoms with Crippen LogP contribution >= 0.6 is 0 Å². The number of nitrogens with one attached hydrogen (secondary N) is 1. The normalized spacial score (nSPS) is 28.9. The van der Waals surface area contributed by atoms with Crippen LogP contribution in [0.5, 0.6) is 0 Å². The molecule has 1 atom stereocenters. The maximum Gasteiger partial charge on any atom is 0.324 e. The monoisotopic (exact) mass is 266 g/mol. The Hall–Kier alpha value is -1.79. The third kappa shape index (κ3) is 1.60. The minimum Gasteiger partial charge on any atom is -0.324 e. The van der Waals surface area contributed by atoms with Gasteiger partial charge in [-0.2, -0.15) is 0 Å². The van der Waals surface area contributed by atoms with Crippen LogP contribution < -0.4 is 5.32 Å². The van der Waals surface area contributed by atoms with Crippen molar-refractivity contribution in [1.82, 2.24) is 20.0 Å². The molecule has 1 spiro atoms. The van der Waals surface area contributed by atoms with Gasteiger partial charge < -0.3 is 14.7 Å². The van der Waals surface area contributed by atoms with Crippen LogP contribution in [0.4, 0.5) is 9.59 Å². The van der Waals surface area contributed by atoms with Crippen molar-refractivity contribution >= 4 is 18.0 Å². The maximum atomic E-state index is 12.2. The Morgan fingerprint density at radius 2 is 2.00 bits per heavy atom. The molecule has 3 aliphatic heterocycles. The van der Waals surface area contributed by atoms with Crippen molar-refractivity contribution < 1.29 is 14.4 Å². The molecule has 3 fully saturated rings. The zero-order valence-corrected chi connectivity index (χ0v) is 11.2. The quantitative estimate of drug-likeness (QED) is 0.611. The number of hydrogen-bond acceptors (Lipinski definition) is 3. The summed E-state index contributed by atoms with van der Waals surface area (Å²) in [7, 11) is 1.60. The number of likely N-dealkylation sites (N-methyl/N-ethyl adjacent to an activating group) is 1. The van der Waals surface area contributed by atoms with E-state index in [1.807, 2.05) is 4.90 Å². The summed E-state index contributed by atoms with van der Waals surface area (Å²) in [6.45, 7) is 4.28. The van der Waals surface area contributed by atoms with Gasteiger partial charge in [-0.3, -0.25) is 10.1 Å². The first-order valence-electron chi connectivity index (χ1n) is 6.57. The number of hydrogen-bond donors (Lipinski definition) is 1. The molecule has 104 valence electrons. The van der Waals surface area contributed by atoms with Gasteiger partial charge in [-0.15, -0.1) is 0 Å². The minimum atomic E-state index is -0.835. The van der Waals surface area contributed by atoms with Gasteiger partial charge in [0.25, 0.3) is 5.91 Å². The van der Waals surface area contributed by atoms with E-state index in [1.165, 1.54) is 4.90 Å². The van der Waals surface area contributed by atoms with Crippen molar-refractivity contribution in [3.8, 4) is 0 Å². The SMILES string of the molecule is CC1CCN(C(=O)N2CC3(C2)C(=O)NC(=O)N3C)C1. The number of urea groups is 2. The molecule has 0 bridgehead atoms. The fourth-order valence-electron chi connectivity index (χ4n) is 3.03. The van der Waals surface area contributed by atoms with E-state index < -0.39 is 5.54 Å². The highest BCUT2D eigenvalue weighted by Crippen LogP contribution is 2.32. The standard InChI is InChI=1S/C12H18N4O3/c1-8-3-4-15(5-8)11(19)16-6-12(7-16)9(17)13-10(18)14(12)2/h8H,3-7H2,1-2H3,(H,13,17,18). The van der Waals surface area contributed by atoms with E-state index in [1.54, 1.807) is 11.9 Å². The molecule has 5 amide bonds. The van der Waals surface area contributed by atoms with Crippen LogP contribution in [0, 0.1) is 5.92 Å². The van der Waals surface area contributed by atoms with Crippen LogP contribution in [0.25, 0.3) is 0 Å². The van der Waals surface area contributed by atoms with Crippen molar-refractivity contribution in [3.63, 3.8) is 0 Å². The fourth-order valence-corrected chi connectivity index (χ4v) is 3.03. The van der Waals surface area contributed by atoms with Crippen molar-refractivity contribution in [2.45, 2.75) is 18.9 Å². The highest BCUT2D eigenvalue weighted by molar-refractivity contribution is 6.08. The first kappa shape index (κ1) is 12.3. The summed E-state index contributed by atoms with van der Waals surface area (Å²) in [6, 6.07) is -0.401. The lowest BCUT2D eigenvalue weighted by Gasteiger charge is -2.49. The van der Waals surface area contributed by atoms with Crippen molar-refractivity contribution in [2.24, 2.45) is 5.92 Å². The molecule has 0 saturated carbocycles. The van der Waals surface area contributed by atoms with Gasteiger partial charge >= 0.3 is 12.1 Å². The molecule has 3 saturated heterocycles. The van der Waals surface area contributed by atoms with Crippen LogP contribution in [0.15, 0.2) is 0 Å². The van der Waals surface area contributed by atoms with Gasteiger partial charge in [0.1, 0.15) is 0 Å². The average Bonchev–Trinajstić information content (AvgIpc) is 2.81. The molecule has 3 heterocycles. The average molecular weight is 266 g/mol. The van der Waals surface area contributed by atoms with Gasteiger partial charge in [-0.25, -0.2) is 9.59 Å². The lowest BCUT2D eigenvalue weighted by molar-refractivity contribution is -0.133. The molecule has 3 aliphatic rings. The Bertz CT molecular complexity index is 458. The summed E-state index contributed by atoms with van der Waals surface area (Å²) in [5.74, 6) is 0.247. The number of imide groups is 1. The predicted octanol–water partition coefficient (Wildman–Crippen LogP) is -0.316. The van der Waals surface area contributed by atoms with Gasteiger partial charge in [-0.1, -0.05) is 6.92 Å². The fraction of sp³-hybridized carbons (Fsp3) is 0.750. The van der Waals surface area contributed by atoms with E-state index in [-0.39, 0.29) is 18.0 Å². The van der Waals surface area contributed by atoms with Crippen LogP contribution in [-0.4, -0.2) is 71.4 Å². The molecule has 0 radical (unpaired) electrons. The van der Waals surface area contributed by atoms with Gasteiger partial charge in [0.15, 0.2) is 5.54 Å². The van der Waals surface area contributed by atoms with E-state index in [2.05, 4.69) is 12.2 Å². The van der Waals surface area contributed by atoms with Gasteiger partial charge in [0.05, 0.1) is 13.1 Å². The van der Waals surface area contributed by atoms with E-state index in [9.17, 15) is 14.4 Å². The summed E-state index contributed by atoms with van der Waals surface area (Å²) in [4.78, 5) is 40.4.